The highest BCUT2D eigenvalue weighted by Crippen LogP contribution is 2.19. The lowest BCUT2D eigenvalue weighted by Crippen LogP contribution is -2.40. The molecule has 0 unspecified atom stereocenters. The molecule has 0 aliphatic rings. The normalized spacial score (nSPS) is 9.74. The molecule has 1 heterocycles. The molecule has 1 aromatic heterocycles. The predicted octanol–water partition coefficient (Wildman–Crippen LogP) is 2.17. The number of aromatic nitrogens is 1. The molecule has 0 radical (unpaired) electrons. The van der Waals surface area contributed by atoms with Crippen LogP contribution in [0.3, 0.4) is 0 Å². The minimum atomic E-state index is 0.204. The van der Waals surface area contributed by atoms with Gasteiger partial charge in [-0.3, -0.25) is 5.43 Å². The summed E-state index contributed by atoms with van der Waals surface area (Å²) in [6.45, 7) is 0. The van der Waals surface area contributed by atoms with E-state index in [9.17, 15) is 0 Å². The monoisotopic (exact) mass is 274 g/mol. The molecule has 2 aromatic rings. The maximum absolute atomic E-state index is 5.72. The lowest BCUT2D eigenvalue weighted by atomic mass is 10.3. The third-order valence-corrected chi connectivity index (χ3v) is 2.62. The molecule has 0 saturated carbocycles. The highest BCUT2D eigenvalue weighted by Gasteiger charge is 2.10. The molecular formula is C13H14N4OS. The Bertz CT molecular complexity index is 544. The van der Waals surface area contributed by atoms with Gasteiger partial charge < -0.3 is 10.5 Å². The van der Waals surface area contributed by atoms with Gasteiger partial charge in [-0.15, -0.1) is 0 Å². The Hall–Kier alpha value is -2.34. The highest BCUT2D eigenvalue weighted by molar-refractivity contribution is 7.80. The molecular weight excluding hydrogens is 260 g/mol. The van der Waals surface area contributed by atoms with Gasteiger partial charge in [-0.25, -0.2) is 9.99 Å². The fourth-order valence-electron chi connectivity index (χ4n) is 1.52. The first-order valence-electron chi connectivity index (χ1n) is 5.62. The zero-order valence-electron chi connectivity index (χ0n) is 10.4. The van der Waals surface area contributed by atoms with E-state index < -0.39 is 0 Å². The van der Waals surface area contributed by atoms with Crippen LogP contribution < -0.4 is 20.9 Å². The highest BCUT2D eigenvalue weighted by atomic mass is 32.1. The van der Waals surface area contributed by atoms with Crippen LogP contribution >= 0.6 is 12.2 Å². The third kappa shape index (κ3) is 3.32. The second-order valence-electron chi connectivity index (χ2n) is 3.70. The summed E-state index contributed by atoms with van der Waals surface area (Å²) in [5, 5.41) is 1.78. The molecule has 6 heteroatoms. The second kappa shape index (κ2) is 6.01. The Morgan fingerprint density at radius 3 is 2.53 bits per heavy atom. The van der Waals surface area contributed by atoms with Gasteiger partial charge in [0.15, 0.2) is 5.11 Å². The van der Waals surface area contributed by atoms with Gasteiger partial charge in [0, 0.05) is 6.20 Å². The van der Waals surface area contributed by atoms with Crippen molar-refractivity contribution in [3.8, 4) is 5.75 Å². The largest absolute Gasteiger partial charge is 0.497 e. The van der Waals surface area contributed by atoms with Gasteiger partial charge in [0.05, 0.1) is 12.8 Å². The van der Waals surface area contributed by atoms with E-state index in [4.69, 9.17) is 22.7 Å². The molecule has 0 saturated heterocycles. The number of methoxy groups -OCH3 is 1. The number of pyridine rings is 1. The summed E-state index contributed by atoms with van der Waals surface area (Å²) in [5.41, 5.74) is 9.57. The van der Waals surface area contributed by atoms with E-state index in [0.29, 0.717) is 5.82 Å². The summed E-state index contributed by atoms with van der Waals surface area (Å²) in [6, 6.07) is 12.9. The van der Waals surface area contributed by atoms with Crippen molar-refractivity contribution in [2.75, 3.05) is 17.5 Å². The Morgan fingerprint density at radius 2 is 2.00 bits per heavy atom. The molecule has 0 amide bonds. The molecule has 2 rings (SSSR count). The quantitative estimate of drug-likeness (QED) is 0.658. The van der Waals surface area contributed by atoms with Crippen molar-refractivity contribution < 1.29 is 4.74 Å². The van der Waals surface area contributed by atoms with E-state index in [1.807, 2.05) is 42.5 Å². The molecule has 1 aromatic carbocycles. The lowest BCUT2D eigenvalue weighted by molar-refractivity contribution is 0.415. The number of nitrogens with zero attached hydrogens (tertiary/aromatic N) is 2. The van der Waals surface area contributed by atoms with Crippen LogP contribution in [0.5, 0.6) is 5.75 Å². The Balaban J connectivity index is 2.22. The molecule has 0 bridgehead atoms. The van der Waals surface area contributed by atoms with Crippen molar-refractivity contribution in [2.24, 2.45) is 5.73 Å². The Kier molecular flexibility index (Phi) is 4.15. The van der Waals surface area contributed by atoms with Crippen LogP contribution in [0, 0.1) is 0 Å². The first kappa shape index (κ1) is 13.1. The molecule has 5 nitrogen and oxygen atoms in total. The van der Waals surface area contributed by atoms with Crippen molar-refractivity contribution in [1.82, 2.24) is 4.98 Å². The smallest absolute Gasteiger partial charge is 0.190 e. The van der Waals surface area contributed by atoms with Crippen LogP contribution in [0.4, 0.5) is 11.5 Å². The van der Waals surface area contributed by atoms with E-state index >= 15 is 0 Å². The number of nitrogens with one attached hydrogen (secondary N) is 1. The average Bonchev–Trinajstić information content (AvgIpc) is 2.46. The van der Waals surface area contributed by atoms with Gasteiger partial charge in [0.25, 0.3) is 0 Å². The van der Waals surface area contributed by atoms with Crippen molar-refractivity contribution in [1.29, 1.82) is 0 Å². The van der Waals surface area contributed by atoms with E-state index in [0.717, 1.165) is 11.4 Å². The van der Waals surface area contributed by atoms with Gasteiger partial charge in [-0.2, -0.15) is 0 Å². The van der Waals surface area contributed by atoms with Crippen molar-refractivity contribution in [2.45, 2.75) is 0 Å². The number of hydrazine groups is 1. The second-order valence-corrected chi connectivity index (χ2v) is 4.12. The molecule has 0 fully saturated rings. The van der Waals surface area contributed by atoms with Crippen LogP contribution in [0.1, 0.15) is 0 Å². The van der Waals surface area contributed by atoms with Gasteiger partial charge >= 0.3 is 0 Å². The number of hydrogen-bond donors (Lipinski definition) is 2. The molecule has 0 aliphatic heterocycles. The Morgan fingerprint density at radius 1 is 1.26 bits per heavy atom. The third-order valence-electron chi connectivity index (χ3n) is 2.44. The summed E-state index contributed by atoms with van der Waals surface area (Å²) in [5.74, 6) is 1.43. The molecule has 0 spiro atoms. The summed E-state index contributed by atoms with van der Waals surface area (Å²) >= 11 is 5.04. The van der Waals surface area contributed by atoms with E-state index in [1.54, 1.807) is 18.3 Å². The van der Waals surface area contributed by atoms with E-state index in [-0.39, 0.29) is 5.11 Å². The summed E-state index contributed by atoms with van der Waals surface area (Å²) < 4.78 is 5.11. The average molecular weight is 274 g/mol. The Labute approximate surface area is 117 Å². The van der Waals surface area contributed by atoms with E-state index in [2.05, 4.69) is 10.4 Å². The zero-order valence-corrected chi connectivity index (χ0v) is 11.2. The molecule has 0 atom stereocenters. The number of anilines is 2. The van der Waals surface area contributed by atoms with Crippen LogP contribution in [0.15, 0.2) is 48.7 Å². The minimum Gasteiger partial charge on any atom is -0.497 e. The standard InChI is InChI=1S/C13H14N4OS/c1-18-11-7-5-10(6-8-11)17(13(14)19)16-12-4-2-3-9-15-12/h2-9H,1H3,(H2,14,19)(H,15,16). The number of rotatable bonds is 4. The fourth-order valence-corrected chi connectivity index (χ4v) is 1.67. The molecule has 19 heavy (non-hydrogen) atoms. The number of hydrogen-bond acceptors (Lipinski definition) is 4. The van der Waals surface area contributed by atoms with Crippen molar-refractivity contribution >= 4 is 28.8 Å². The maximum atomic E-state index is 5.72. The molecule has 0 aliphatic carbocycles. The number of benzene rings is 1. The van der Waals surface area contributed by atoms with Gasteiger partial charge in [0.2, 0.25) is 0 Å². The van der Waals surface area contributed by atoms with Gasteiger partial charge in [-0.1, -0.05) is 6.07 Å². The lowest BCUT2D eigenvalue weighted by Gasteiger charge is -2.23. The molecule has 98 valence electrons. The van der Waals surface area contributed by atoms with Crippen molar-refractivity contribution in [3.05, 3.63) is 48.7 Å². The van der Waals surface area contributed by atoms with Crippen LogP contribution in [-0.2, 0) is 0 Å². The van der Waals surface area contributed by atoms with Crippen LogP contribution in [0.2, 0.25) is 0 Å². The molecule has 3 N–H and O–H groups in total. The minimum absolute atomic E-state index is 0.204. The van der Waals surface area contributed by atoms with Crippen LogP contribution in [-0.4, -0.2) is 17.2 Å². The number of nitrogens with two attached hydrogens (primary N) is 1. The van der Waals surface area contributed by atoms with Crippen LogP contribution in [0.25, 0.3) is 0 Å². The maximum Gasteiger partial charge on any atom is 0.190 e. The SMILES string of the molecule is COc1ccc(N(Nc2ccccn2)C(N)=S)cc1. The van der Waals surface area contributed by atoms with Gasteiger partial charge in [0.1, 0.15) is 11.6 Å². The first-order valence-corrected chi connectivity index (χ1v) is 6.03. The summed E-state index contributed by atoms with van der Waals surface area (Å²) in [4.78, 5) is 4.17. The summed E-state index contributed by atoms with van der Waals surface area (Å²) in [7, 11) is 1.62. The predicted molar refractivity (Wildman–Crippen MR) is 80.1 cm³/mol. The first-order chi connectivity index (χ1) is 9.20. The number of thiocarbonyl (C=S) groups is 1. The van der Waals surface area contributed by atoms with E-state index in [1.165, 1.54) is 0 Å². The fraction of sp³-hybridized carbons (Fsp3) is 0.0769. The summed E-state index contributed by atoms with van der Waals surface area (Å²) in [6.07, 6.45) is 1.69. The number of ether oxygens (including phenoxy) is 1. The topological polar surface area (TPSA) is 63.4 Å². The zero-order chi connectivity index (χ0) is 13.7. The van der Waals surface area contributed by atoms with Crippen molar-refractivity contribution in [3.63, 3.8) is 0 Å². The van der Waals surface area contributed by atoms with Gasteiger partial charge in [-0.05, 0) is 48.6 Å².